The van der Waals surface area contributed by atoms with Crippen molar-refractivity contribution in [3.63, 3.8) is 0 Å². The number of nitrogens with one attached hydrogen (secondary N) is 1. The van der Waals surface area contributed by atoms with Crippen LogP contribution in [0.2, 0.25) is 0 Å². The monoisotopic (exact) mass is 255 g/mol. The third-order valence-electron chi connectivity index (χ3n) is 3.78. The Morgan fingerprint density at radius 2 is 2.16 bits per heavy atom. The number of carbonyl (C=O) groups is 1. The minimum absolute atomic E-state index is 0.0508. The molecule has 0 fully saturated rings. The van der Waals surface area contributed by atoms with Crippen LogP contribution < -0.4 is 5.32 Å². The second-order valence-electron chi connectivity index (χ2n) is 5.21. The SMILES string of the molecule is C=CCC1CC(NC)=C(c2cc(C)ccc2C)C1=O. The number of Topliss-reactive ketones (excluding diaryl/α,β-unsaturated/α-hetero) is 1. The highest BCUT2D eigenvalue weighted by Crippen LogP contribution is 2.36. The number of rotatable bonds is 4. The van der Waals surface area contributed by atoms with E-state index in [0.29, 0.717) is 0 Å². The number of allylic oxidation sites excluding steroid dienone is 3. The Balaban J connectivity index is 2.49. The van der Waals surface area contributed by atoms with Crippen LogP contribution in [0.3, 0.4) is 0 Å². The van der Waals surface area contributed by atoms with Crippen molar-refractivity contribution >= 4 is 11.4 Å². The molecule has 0 spiro atoms. The molecule has 2 nitrogen and oxygen atoms in total. The van der Waals surface area contributed by atoms with Crippen LogP contribution in [0.25, 0.3) is 5.57 Å². The summed E-state index contributed by atoms with van der Waals surface area (Å²) in [6, 6.07) is 6.27. The van der Waals surface area contributed by atoms with Crippen LogP contribution in [0.15, 0.2) is 36.6 Å². The quantitative estimate of drug-likeness (QED) is 0.835. The third kappa shape index (κ3) is 2.48. The molecule has 1 aromatic carbocycles. The zero-order valence-electron chi connectivity index (χ0n) is 11.9. The Kier molecular flexibility index (Phi) is 3.89. The van der Waals surface area contributed by atoms with Crippen molar-refractivity contribution in [2.24, 2.45) is 5.92 Å². The average Bonchev–Trinajstić information content (AvgIpc) is 2.70. The zero-order chi connectivity index (χ0) is 14.0. The normalized spacial score (nSPS) is 18.9. The number of ketones is 1. The van der Waals surface area contributed by atoms with Gasteiger partial charge in [0.15, 0.2) is 5.78 Å². The largest absolute Gasteiger partial charge is 0.391 e. The van der Waals surface area contributed by atoms with Crippen LogP contribution in [0.5, 0.6) is 0 Å². The van der Waals surface area contributed by atoms with Crippen LogP contribution in [0.4, 0.5) is 0 Å². The van der Waals surface area contributed by atoms with Gasteiger partial charge in [-0.05, 0) is 37.8 Å². The van der Waals surface area contributed by atoms with Gasteiger partial charge in [-0.2, -0.15) is 0 Å². The van der Waals surface area contributed by atoms with Crippen LogP contribution in [-0.2, 0) is 4.79 Å². The van der Waals surface area contributed by atoms with Gasteiger partial charge >= 0.3 is 0 Å². The molecule has 0 amide bonds. The summed E-state index contributed by atoms with van der Waals surface area (Å²) in [6.45, 7) is 7.87. The first kappa shape index (κ1) is 13.6. The summed E-state index contributed by atoms with van der Waals surface area (Å²) >= 11 is 0. The molecule has 1 aromatic rings. The number of hydrogen-bond acceptors (Lipinski definition) is 2. The average molecular weight is 255 g/mol. The van der Waals surface area contributed by atoms with E-state index < -0.39 is 0 Å². The first-order valence-electron chi connectivity index (χ1n) is 6.72. The summed E-state index contributed by atoms with van der Waals surface area (Å²) in [5, 5.41) is 3.20. The van der Waals surface area contributed by atoms with Crippen molar-refractivity contribution in [1.29, 1.82) is 0 Å². The summed E-state index contributed by atoms with van der Waals surface area (Å²) < 4.78 is 0. The smallest absolute Gasteiger partial charge is 0.168 e. The predicted molar refractivity (Wildman–Crippen MR) is 79.8 cm³/mol. The van der Waals surface area contributed by atoms with Gasteiger partial charge in [0.05, 0.1) is 0 Å². The molecule has 1 unspecified atom stereocenters. The highest BCUT2D eigenvalue weighted by atomic mass is 16.1. The molecule has 0 heterocycles. The fourth-order valence-corrected chi connectivity index (χ4v) is 2.71. The Morgan fingerprint density at radius 1 is 1.42 bits per heavy atom. The van der Waals surface area contributed by atoms with Crippen LogP contribution in [0.1, 0.15) is 29.5 Å². The lowest BCUT2D eigenvalue weighted by molar-refractivity contribution is -0.116. The maximum absolute atomic E-state index is 12.6. The number of aryl methyl sites for hydroxylation is 2. The van der Waals surface area contributed by atoms with Crippen LogP contribution in [-0.4, -0.2) is 12.8 Å². The van der Waals surface area contributed by atoms with Gasteiger partial charge in [-0.15, -0.1) is 6.58 Å². The van der Waals surface area contributed by atoms with Crippen molar-refractivity contribution in [3.8, 4) is 0 Å². The van der Waals surface area contributed by atoms with Gasteiger partial charge in [-0.3, -0.25) is 4.79 Å². The second-order valence-corrected chi connectivity index (χ2v) is 5.21. The highest BCUT2D eigenvalue weighted by Gasteiger charge is 2.33. The van der Waals surface area contributed by atoms with Crippen LogP contribution >= 0.6 is 0 Å². The molecule has 1 atom stereocenters. The van der Waals surface area contributed by atoms with E-state index in [0.717, 1.165) is 35.2 Å². The van der Waals surface area contributed by atoms with E-state index in [9.17, 15) is 4.79 Å². The van der Waals surface area contributed by atoms with E-state index in [-0.39, 0.29) is 11.7 Å². The molecule has 0 saturated carbocycles. The summed E-state index contributed by atoms with van der Waals surface area (Å²) in [7, 11) is 1.89. The van der Waals surface area contributed by atoms with Crippen molar-refractivity contribution in [2.75, 3.05) is 7.05 Å². The molecular formula is C17H21NO. The van der Waals surface area contributed by atoms with Gasteiger partial charge in [0.2, 0.25) is 0 Å². The molecule has 2 heteroatoms. The van der Waals surface area contributed by atoms with E-state index in [1.54, 1.807) is 0 Å². The maximum atomic E-state index is 12.6. The lowest BCUT2D eigenvalue weighted by Gasteiger charge is -2.10. The molecule has 0 radical (unpaired) electrons. The van der Waals surface area contributed by atoms with Crippen molar-refractivity contribution in [1.82, 2.24) is 5.32 Å². The van der Waals surface area contributed by atoms with Gasteiger partial charge in [0.1, 0.15) is 0 Å². The van der Waals surface area contributed by atoms with Gasteiger partial charge in [0.25, 0.3) is 0 Å². The minimum Gasteiger partial charge on any atom is -0.391 e. The first-order chi connectivity index (χ1) is 9.08. The molecule has 2 rings (SSSR count). The Morgan fingerprint density at radius 3 is 2.79 bits per heavy atom. The minimum atomic E-state index is 0.0508. The molecule has 1 N–H and O–H groups in total. The topological polar surface area (TPSA) is 29.1 Å². The fourth-order valence-electron chi connectivity index (χ4n) is 2.71. The van der Waals surface area contributed by atoms with E-state index >= 15 is 0 Å². The molecule has 0 saturated heterocycles. The lowest BCUT2D eigenvalue weighted by atomic mass is 9.93. The Bertz CT molecular complexity index is 554. The van der Waals surface area contributed by atoms with E-state index in [1.165, 1.54) is 5.56 Å². The van der Waals surface area contributed by atoms with Crippen LogP contribution in [0, 0.1) is 19.8 Å². The summed E-state index contributed by atoms with van der Waals surface area (Å²) in [6.07, 6.45) is 3.38. The molecule has 0 bridgehead atoms. The van der Waals surface area contributed by atoms with E-state index in [1.807, 2.05) is 13.1 Å². The van der Waals surface area contributed by atoms with Gasteiger partial charge in [-0.25, -0.2) is 0 Å². The number of carbonyl (C=O) groups excluding carboxylic acids is 1. The Hall–Kier alpha value is -1.83. The molecule has 100 valence electrons. The predicted octanol–water partition coefficient (Wildman–Crippen LogP) is 3.40. The molecular weight excluding hydrogens is 234 g/mol. The second kappa shape index (κ2) is 5.43. The Labute approximate surface area is 115 Å². The molecule has 0 aromatic heterocycles. The molecule has 0 aliphatic heterocycles. The zero-order valence-corrected chi connectivity index (χ0v) is 11.9. The van der Waals surface area contributed by atoms with Crippen molar-refractivity contribution < 1.29 is 4.79 Å². The van der Waals surface area contributed by atoms with Gasteiger partial charge < -0.3 is 5.32 Å². The molecule has 19 heavy (non-hydrogen) atoms. The standard InChI is InChI=1S/C17H21NO/c1-5-6-13-10-15(18-4)16(17(13)19)14-9-11(2)7-8-12(14)3/h5,7-9,13,18H,1,6,10H2,2-4H3. The summed E-state index contributed by atoms with van der Waals surface area (Å²) in [4.78, 5) is 12.6. The number of benzene rings is 1. The fraction of sp³-hybridized carbons (Fsp3) is 0.353. The van der Waals surface area contributed by atoms with E-state index in [2.05, 4.69) is 43.9 Å². The lowest BCUT2D eigenvalue weighted by Crippen LogP contribution is -2.09. The summed E-state index contributed by atoms with van der Waals surface area (Å²) in [5.74, 6) is 0.299. The summed E-state index contributed by atoms with van der Waals surface area (Å²) in [5.41, 5.74) is 5.34. The van der Waals surface area contributed by atoms with Crippen molar-refractivity contribution in [2.45, 2.75) is 26.7 Å². The highest BCUT2D eigenvalue weighted by molar-refractivity contribution is 6.25. The molecule has 1 aliphatic rings. The van der Waals surface area contributed by atoms with Crippen molar-refractivity contribution in [3.05, 3.63) is 53.2 Å². The third-order valence-corrected chi connectivity index (χ3v) is 3.78. The maximum Gasteiger partial charge on any atom is 0.168 e. The first-order valence-corrected chi connectivity index (χ1v) is 6.72. The van der Waals surface area contributed by atoms with E-state index in [4.69, 9.17) is 0 Å². The molecule has 1 aliphatic carbocycles. The number of hydrogen-bond donors (Lipinski definition) is 1. The van der Waals surface area contributed by atoms with Gasteiger partial charge in [0, 0.05) is 24.2 Å². The van der Waals surface area contributed by atoms with Gasteiger partial charge in [-0.1, -0.05) is 29.8 Å².